The molecule has 2 heteroatoms. The zero-order valence-electron chi connectivity index (χ0n) is 7.99. The summed E-state index contributed by atoms with van der Waals surface area (Å²) in [7, 11) is 0. The number of fused-ring (bicyclic) bond motifs is 1. The second-order valence-corrected chi connectivity index (χ2v) is 3.60. The Morgan fingerprint density at radius 3 is 2.71 bits per heavy atom. The van der Waals surface area contributed by atoms with Gasteiger partial charge in [0.2, 0.25) is 5.91 Å². The highest BCUT2D eigenvalue weighted by Crippen LogP contribution is 2.24. The number of hydrogen-bond acceptors (Lipinski definition) is 1. The van der Waals surface area contributed by atoms with Crippen LogP contribution in [0, 0.1) is 0 Å². The third-order valence-corrected chi connectivity index (χ3v) is 2.52. The predicted molar refractivity (Wildman–Crippen MR) is 56.7 cm³/mol. The topological polar surface area (TPSA) is 43.1 Å². The van der Waals surface area contributed by atoms with Gasteiger partial charge in [0.15, 0.2) is 0 Å². The Morgan fingerprint density at radius 2 is 2.14 bits per heavy atom. The van der Waals surface area contributed by atoms with E-state index in [9.17, 15) is 4.79 Å². The van der Waals surface area contributed by atoms with Crippen LogP contribution in [0.2, 0.25) is 0 Å². The van der Waals surface area contributed by atoms with Gasteiger partial charge >= 0.3 is 0 Å². The minimum absolute atomic E-state index is 0.287. The normalized spacial score (nSPS) is 13.7. The van der Waals surface area contributed by atoms with Crippen LogP contribution in [0.3, 0.4) is 0 Å². The molecule has 1 amide bonds. The Kier molecular flexibility index (Phi) is 2.35. The maximum absolute atomic E-state index is 10.5. The molecule has 2 N–H and O–H groups in total. The maximum Gasteiger partial charge on any atom is 0.221 e. The fraction of sp³-hybridized carbons (Fsp3) is 0.250. The van der Waals surface area contributed by atoms with Crippen molar-refractivity contribution in [3.05, 3.63) is 41.0 Å². The summed E-state index contributed by atoms with van der Waals surface area (Å²) < 4.78 is 0. The van der Waals surface area contributed by atoms with Crippen LogP contribution >= 0.6 is 0 Å². The van der Waals surface area contributed by atoms with Gasteiger partial charge in [-0.05, 0) is 29.5 Å². The second-order valence-electron chi connectivity index (χ2n) is 3.60. The molecule has 0 aliphatic heterocycles. The Morgan fingerprint density at radius 1 is 1.36 bits per heavy atom. The molecule has 1 aliphatic rings. The van der Waals surface area contributed by atoms with E-state index in [2.05, 4.69) is 18.2 Å². The standard InChI is InChI=1S/C12H13NO/c13-12(14)3-1-2-9-4-5-10-6-7-11(10)8-9/h1-2,4-5,8H,3,6-7H2,(H2,13,14). The smallest absolute Gasteiger partial charge is 0.221 e. The third kappa shape index (κ3) is 1.84. The largest absolute Gasteiger partial charge is 0.369 e. The SMILES string of the molecule is NC(=O)CC=Cc1ccc2c(c1)CC2. The van der Waals surface area contributed by atoms with Crippen molar-refractivity contribution in [3.63, 3.8) is 0 Å². The molecule has 0 saturated heterocycles. The lowest BCUT2D eigenvalue weighted by atomic mass is 9.87. The fourth-order valence-electron chi connectivity index (χ4n) is 1.63. The summed E-state index contributed by atoms with van der Waals surface area (Å²) >= 11 is 0. The zero-order chi connectivity index (χ0) is 9.97. The summed E-state index contributed by atoms with van der Waals surface area (Å²) in [6.45, 7) is 0. The Labute approximate surface area is 83.4 Å². The highest BCUT2D eigenvalue weighted by Gasteiger charge is 2.11. The van der Waals surface area contributed by atoms with Crippen molar-refractivity contribution in [1.29, 1.82) is 0 Å². The summed E-state index contributed by atoms with van der Waals surface area (Å²) in [6, 6.07) is 6.41. The first-order valence-electron chi connectivity index (χ1n) is 4.82. The van der Waals surface area contributed by atoms with Crippen molar-refractivity contribution >= 4 is 12.0 Å². The highest BCUT2D eigenvalue weighted by atomic mass is 16.1. The molecule has 0 radical (unpaired) electrons. The van der Waals surface area contributed by atoms with E-state index in [1.807, 2.05) is 12.2 Å². The molecule has 1 aromatic carbocycles. The van der Waals surface area contributed by atoms with Crippen LogP contribution in [0.1, 0.15) is 23.1 Å². The van der Waals surface area contributed by atoms with Crippen LogP contribution in [0.5, 0.6) is 0 Å². The minimum atomic E-state index is -0.287. The van der Waals surface area contributed by atoms with Crippen molar-refractivity contribution in [2.24, 2.45) is 5.73 Å². The number of hydrogen-bond donors (Lipinski definition) is 1. The van der Waals surface area contributed by atoms with Gasteiger partial charge in [0, 0.05) is 6.42 Å². The number of nitrogens with two attached hydrogens (primary N) is 1. The van der Waals surface area contributed by atoms with Crippen molar-refractivity contribution < 1.29 is 4.79 Å². The van der Waals surface area contributed by atoms with Crippen molar-refractivity contribution in [2.45, 2.75) is 19.3 Å². The van der Waals surface area contributed by atoms with E-state index < -0.39 is 0 Å². The van der Waals surface area contributed by atoms with Gasteiger partial charge in [0.25, 0.3) is 0 Å². The van der Waals surface area contributed by atoms with E-state index in [-0.39, 0.29) is 5.91 Å². The molecule has 0 bridgehead atoms. The highest BCUT2D eigenvalue weighted by molar-refractivity contribution is 5.76. The van der Waals surface area contributed by atoms with Crippen LogP contribution in [0.15, 0.2) is 24.3 Å². The molecule has 2 nitrogen and oxygen atoms in total. The third-order valence-electron chi connectivity index (χ3n) is 2.52. The van der Waals surface area contributed by atoms with Gasteiger partial charge in [-0.2, -0.15) is 0 Å². The molecular formula is C12H13NO. The number of carbonyl (C=O) groups is 1. The lowest BCUT2D eigenvalue weighted by molar-refractivity contribution is -0.117. The van der Waals surface area contributed by atoms with Crippen LogP contribution in [-0.2, 0) is 17.6 Å². The van der Waals surface area contributed by atoms with Gasteiger partial charge in [-0.25, -0.2) is 0 Å². The second kappa shape index (κ2) is 3.66. The first kappa shape index (κ1) is 9.00. The van der Waals surface area contributed by atoms with E-state index in [1.165, 1.54) is 24.0 Å². The van der Waals surface area contributed by atoms with Crippen LogP contribution in [0.4, 0.5) is 0 Å². The molecule has 2 rings (SSSR count). The van der Waals surface area contributed by atoms with Gasteiger partial charge in [0.1, 0.15) is 0 Å². The molecule has 72 valence electrons. The maximum atomic E-state index is 10.5. The first-order valence-corrected chi connectivity index (χ1v) is 4.82. The van der Waals surface area contributed by atoms with Gasteiger partial charge in [-0.3, -0.25) is 4.79 Å². The van der Waals surface area contributed by atoms with Crippen LogP contribution in [-0.4, -0.2) is 5.91 Å². The van der Waals surface area contributed by atoms with Crippen molar-refractivity contribution in [3.8, 4) is 0 Å². The summed E-state index contributed by atoms with van der Waals surface area (Å²) in [5.74, 6) is -0.287. The Bertz CT molecular complexity index is 393. The van der Waals surface area contributed by atoms with Crippen LogP contribution in [0.25, 0.3) is 6.08 Å². The molecule has 1 aliphatic carbocycles. The average Bonchev–Trinajstić information content (AvgIpc) is 2.09. The van der Waals surface area contributed by atoms with E-state index in [1.54, 1.807) is 0 Å². The molecule has 0 aromatic heterocycles. The molecule has 14 heavy (non-hydrogen) atoms. The van der Waals surface area contributed by atoms with Gasteiger partial charge in [-0.15, -0.1) is 0 Å². The molecule has 0 fully saturated rings. The monoisotopic (exact) mass is 187 g/mol. The lowest BCUT2D eigenvalue weighted by Crippen LogP contribution is -2.08. The van der Waals surface area contributed by atoms with Crippen molar-refractivity contribution in [2.75, 3.05) is 0 Å². The van der Waals surface area contributed by atoms with Gasteiger partial charge < -0.3 is 5.73 Å². The molecule has 0 saturated carbocycles. The Hall–Kier alpha value is -1.57. The zero-order valence-corrected chi connectivity index (χ0v) is 7.99. The van der Waals surface area contributed by atoms with Gasteiger partial charge in [-0.1, -0.05) is 30.4 Å². The average molecular weight is 187 g/mol. The van der Waals surface area contributed by atoms with E-state index in [4.69, 9.17) is 5.73 Å². The number of carbonyl (C=O) groups excluding carboxylic acids is 1. The summed E-state index contributed by atoms with van der Waals surface area (Å²) in [6.07, 6.45) is 6.47. The molecule has 0 atom stereocenters. The molecule has 0 heterocycles. The summed E-state index contributed by atoms with van der Waals surface area (Å²) in [5, 5.41) is 0. The quantitative estimate of drug-likeness (QED) is 0.768. The fourth-order valence-corrected chi connectivity index (χ4v) is 1.63. The number of primary amides is 1. The lowest BCUT2D eigenvalue weighted by Gasteiger charge is -2.18. The molecule has 1 aromatic rings. The summed E-state index contributed by atoms with van der Waals surface area (Å²) in [5.41, 5.74) is 9.08. The number of amides is 1. The first-order chi connectivity index (χ1) is 6.75. The van der Waals surface area contributed by atoms with Crippen molar-refractivity contribution in [1.82, 2.24) is 0 Å². The van der Waals surface area contributed by atoms with E-state index in [0.717, 1.165) is 5.56 Å². The molecule has 0 spiro atoms. The number of benzene rings is 1. The number of aryl methyl sites for hydroxylation is 2. The number of rotatable bonds is 3. The molecule has 0 unspecified atom stereocenters. The Balaban J connectivity index is 2.06. The predicted octanol–water partition coefficient (Wildman–Crippen LogP) is 1.67. The molecular weight excluding hydrogens is 174 g/mol. The minimum Gasteiger partial charge on any atom is -0.369 e. The van der Waals surface area contributed by atoms with E-state index >= 15 is 0 Å². The van der Waals surface area contributed by atoms with E-state index in [0.29, 0.717) is 6.42 Å². The summed E-state index contributed by atoms with van der Waals surface area (Å²) in [4.78, 5) is 10.5. The van der Waals surface area contributed by atoms with Gasteiger partial charge in [0.05, 0.1) is 0 Å². The van der Waals surface area contributed by atoms with Crippen LogP contribution < -0.4 is 5.73 Å².